The largest absolute Gasteiger partial charge is 0.497 e. The molecule has 0 spiro atoms. The van der Waals surface area contributed by atoms with E-state index >= 15 is 8.78 Å². The van der Waals surface area contributed by atoms with Crippen molar-refractivity contribution in [1.82, 2.24) is 14.3 Å². The summed E-state index contributed by atoms with van der Waals surface area (Å²) >= 11 is 0. The minimum atomic E-state index is -5.02. The Balaban J connectivity index is 1.71. The zero-order valence-corrected chi connectivity index (χ0v) is 23.7. The van der Waals surface area contributed by atoms with Gasteiger partial charge < -0.3 is 20.1 Å². The second-order valence-electron chi connectivity index (χ2n) is 10.4. The zero-order valence-electron chi connectivity index (χ0n) is 23.7. The first-order valence-corrected chi connectivity index (χ1v) is 13.2. The van der Waals surface area contributed by atoms with Gasteiger partial charge in [0.25, 0.3) is 11.5 Å². The molecule has 0 radical (unpaired) electrons. The third kappa shape index (κ3) is 6.30. The number of rotatable bonds is 9. The molecule has 1 fully saturated rings. The number of benzene rings is 2. The first-order chi connectivity index (χ1) is 21.1. The Morgan fingerprint density at radius 1 is 1.02 bits per heavy atom. The normalized spacial score (nSPS) is 13.9. The van der Waals surface area contributed by atoms with Crippen molar-refractivity contribution in [2.24, 2.45) is 7.05 Å². The molecule has 1 aliphatic rings. The Morgan fingerprint density at radius 3 is 2.18 bits per heavy atom. The Labute approximate surface area is 250 Å². The minimum absolute atomic E-state index is 0.00569. The van der Waals surface area contributed by atoms with E-state index in [9.17, 15) is 31.5 Å². The molecular weight excluding hydrogens is 615 g/mol. The van der Waals surface area contributed by atoms with Crippen LogP contribution in [-0.4, -0.2) is 39.5 Å². The Morgan fingerprint density at radius 2 is 1.64 bits per heavy atom. The van der Waals surface area contributed by atoms with Gasteiger partial charge in [0, 0.05) is 30.3 Å². The number of ether oxygens (including phenoxy) is 2. The van der Waals surface area contributed by atoms with E-state index < -0.39 is 69.8 Å². The number of halogens is 7. The SMILES string of the molecule is COc1cc(F)c(-c2c(NC(=O)c3ccc(OC(F)F)cc3)c(=O)n(-c3nc(NC4(C)CC4)ccc3C(F)(F)F)n2C)c(F)c1. The molecule has 0 unspecified atom stereocenters. The van der Waals surface area contributed by atoms with Gasteiger partial charge in [0.1, 0.15) is 45.9 Å². The van der Waals surface area contributed by atoms with Crippen molar-refractivity contribution in [3.05, 3.63) is 81.6 Å². The van der Waals surface area contributed by atoms with Crippen LogP contribution in [0, 0.1) is 11.6 Å². The molecule has 0 bridgehead atoms. The summed E-state index contributed by atoms with van der Waals surface area (Å²) in [5.41, 5.74) is -5.55. The Hall–Kier alpha value is -5.02. The van der Waals surface area contributed by atoms with Gasteiger partial charge >= 0.3 is 12.8 Å². The molecule has 2 N–H and O–H groups in total. The molecule has 0 atom stereocenters. The fraction of sp³-hybridized carbons (Fsp3) is 0.276. The lowest BCUT2D eigenvalue weighted by Gasteiger charge is -2.18. The van der Waals surface area contributed by atoms with Crippen molar-refractivity contribution in [2.75, 3.05) is 17.7 Å². The molecule has 1 aliphatic carbocycles. The van der Waals surface area contributed by atoms with Crippen molar-refractivity contribution >= 4 is 17.4 Å². The quantitative estimate of drug-likeness (QED) is 0.207. The number of carbonyl (C=O) groups is 1. The van der Waals surface area contributed by atoms with Crippen molar-refractivity contribution in [3.63, 3.8) is 0 Å². The number of hydrogen-bond acceptors (Lipinski definition) is 6. The number of pyridine rings is 1. The van der Waals surface area contributed by atoms with Gasteiger partial charge in [-0.2, -0.15) is 26.6 Å². The Bertz CT molecular complexity index is 1810. The van der Waals surface area contributed by atoms with Gasteiger partial charge in [-0.25, -0.2) is 13.8 Å². The summed E-state index contributed by atoms with van der Waals surface area (Å²) in [4.78, 5) is 31.1. The van der Waals surface area contributed by atoms with Gasteiger partial charge in [0.15, 0.2) is 5.82 Å². The lowest BCUT2D eigenvalue weighted by molar-refractivity contribution is -0.137. The molecule has 9 nitrogen and oxygen atoms in total. The third-order valence-corrected chi connectivity index (χ3v) is 7.15. The lowest BCUT2D eigenvalue weighted by Crippen LogP contribution is -2.27. The van der Waals surface area contributed by atoms with Crippen LogP contribution in [0.1, 0.15) is 35.7 Å². The van der Waals surface area contributed by atoms with Crippen LogP contribution in [0.15, 0.2) is 53.3 Å². The molecule has 16 heteroatoms. The van der Waals surface area contributed by atoms with Crippen LogP contribution in [-0.2, 0) is 13.2 Å². The van der Waals surface area contributed by atoms with E-state index in [-0.39, 0.29) is 22.9 Å². The number of anilines is 2. The molecule has 0 saturated heterocycles. The Kier molecular flexibility index (Phi) is 8.01. The number of nitrogens with zero attached hydrogens (tertiary/aromatic N) is 3. The predicted molar refractivity (Wildman–Crippen MR) is 148 cm³/mol. The lowest BCUT2D eigenvalue weighted by atomic mass is 10.1. The first kappa shape index (κ1) is 31.4. The van der Waals surface area contributed by atoms with E-state index in [1.54, 1.807) is 0 Å². The monoisotopic (exact) mass is 639 g/mol. The summed E-state index contributed by atoms with van der Waals surface area (Å²) in [5, 5.41) is 5.23. The molecule has 45 heavy (non-hydrogen) atoms. The van der Waals surface area contributed by atoms with Gasteiger partial charge in [-0.3, -0.25) is 14.3 Å². The van der Waals surface area contributed by atoms with E-state index in [0.717, 1.165) is 74.1 Å². The highest BCUT2D eigenvalue weighted by atomic mass is 19.4. The second kappa shape index (κ2) is 11.5. The highest BCUT2D eigenvalue weighted by Crippen LogP contribution is 2.40. The average molecular weight is 640 g/mol. The molecule has 2 aromatic carbocycles. The number of amides is 1. The summed E-state index contributed by atoms with van der Waals surface area (Å²) in [6, 6.07) is 7.59. The van der Waals surface area contributed by atoms with E-state index in [1.807, 2.05) is 6.92 Å². The van der Waals surface area contributed by atoms with E-state index in [0.29, 0.717) is 10.7 Å². The molecule has 0 aliphatic heterocycles. The smallest absolute Gasteiger partial charge is 0.420 e. The second-order valence-corrected chi connectivity index (χ2v) is 10.4. The fourth-order valence-corrected chi connectivity index (χ4v) is 4.63. The number of aromatic nitrogens is 3. The maximum Gasteiger partial charge on any atom is 0.420 e. The maximum absolute atomic E-state index is 15.4. The summed E-state index contributed by atoms with van der Waals surface area (Å²) in [6.07, 6.45) is -3.57. The molecule has 1 amide bonds. The van der Waals surface area contributed by atoms with Crippen LogP contribution in [0.3, 0.4) is 0 Å². The van der Waals surface area contributed by atoms with Crippen LogP contribution in [0.2, 0.25) is 0 Å². The zero-order chi connectivity index (χ0) is 32.8. The number of alkyl halides is 5. The van der Waals surface area contributed by atoms with E-state index in [1.165, 1.54) is 0 Å². The van der Waals surface area contributed by atoms with Crippen LogP contribution in [0.25, 0.3) is 17.1 Å². The highest BCUT2D eigenvalue weighted by molar-refractivity contribution is 6.06. The van der Waals surface area contributed by atoms with Crippen LogP contribution in [0.4, 0.5) is 42.2 Å². The molecule has 2 aromatic heterocycles. The van der Waals surface area contributed by atoms with Crippen LogP contribution in [0.5, 0.6) is 11.5 Å². The average Bonchev–Trinajstić information content (AvgIpc) is 3.63. The number of carbonyl (C=O) groups excluding carboxylic acids is 1. The molecular formula is C29H24F7N5O4. The standard InChI is InChI=1S/C29H24F7N5O4/c1-28(10-11-28)39-20-9-8-17(29(34,35)36)24(37-20)41-26(43)22(38-25(42)14-4-6-15(7-5-14)45-27(32)33)23(40(41)2)21-18(30)12-16(44-3)13-19(21)31/h4-9,12-13,27H,10-11H2,1-3H3,(H,37,39)(H,38,42). The van der Waals surface area contributed by atoms with Gasteiger partial charge in [-0.1, -0.05) is 0 Å². The highest BCUT2D eigenvalue weighted by Gasteiger charge is 2.40. The molecule has 4 aromatic rings. The minimum Gasteiger partial charge on any atom is -0.497 e. The summed E-state index contributed by atoms with van der Waals surface area (Å²) in [6.45, 7) is -1.31. The van der Waals surface area contributed by atoms with Crippen molar-refractivity contribution in [1.29, 1.82) is 0 Å². The molecule has 1 saturated carbocycles. The first-order valence-electron chi connectivity index (χ1n) is 13.2. The number of methoxy groups -OCH3 is 1. The number of hydrogen-bond donors (Lipinski definition) is 2. The topological polar surface area (TPSA) is 99.4 Å². The summed E-state index contributed by atoms with van der Waals surface area (Å²) in [7, 11) is 2.22. The predicted octanol–water partition coefficient (Wildman–Crippen LogP) is 6.36. The summed E-state index contributed by atoms with van der Waals surface area (Å²) < 4.78 is 109. The van der Waals surface area contributed by atoms with Crippen molar-refractivity contribution in [2.45, 2.75) is 38.1 Å². The maximum atomic E-state index is 15.4. The van der Waals surface area contributed by atoms with Gasteiger partial charge in [0.2, 0.25) is 0 Å². The van der Waals surface area contributed by atoms with E-state index in [4.69, 9.17) is 4.74 Å². The molecule has 238 valence electrons. The van der Waals surface area contributed by atoms with Crippen LogP contribution >= 0.6 is 0 Å². The third-order valence-electron chi connectivity index (χ3n) is 7.15. The van der Waals surface area contributed by atoms with Crippen molar-refractivity contribution < 1.29 is 45.0 Å². The molecule has 5 rings (SSSR count). The number of nitrogens with one attached hydrogen (secondary N) is 2. The summed E-state index contributed by atoms with van der Waals surface area (Å²) in [5.74, 6) is -5.01. The van der Waals surface area contributed by atoms with Gasteiger partial charge in [-0.05, 0) is 56.2 Å². The van der Waals surface area contributed by atoms with Gasteiger partial charge in [-0.15, -0.1) is 0 Å². The van der Waals surface area contributed by atoms with Gasteiger partial charge in [0.05, 0.1) is 12.7 Å². The van der Waals surface area contributed by atoms with Crippen LogP contribution < -0.4 is 25.7 Å². The van der Waals surface area contributed by atoms with Crippen molar-refractivity contribution in [3.8, 4) is 28.6 Å². The molecule has 2 heterocycles. The van der Waals surface area contributed by atoms with E-state index in [2.05, 4.69) is 20.4 Å². The fourth-order valence-electron chi connectivity index (χ4n) is 4.63.